The Morgan fingerprint density at radius 3 is 3.05 bits per heavy atom. The average molecular weight is 258 g/mol. The molecule has 0 bridgehead atoms. The fourth-order valence-corrected chi connectivity index (χ4v) is 2.96. The number of aromatic nitrogens is 1. The second-order valence-corrected chi connectivity index (χ2v) is 5.61. The lowest BCUT2D eigenvalue weighted by molar-refractivity contribution is 0.0309. The standard InChI is InChI=1S/C16H22N2O/c17-13-5-3-6-15(10-13)19-11-14-9-8-12-4-1-2-7-16(12)18-14/h5,8-9,15H,1-4,6-7,10-11,17H2. The van der Waals surface area contributed by atoms with Crippen LogP contribution in [0.1, 0.15) is 49.1 Å². The van der Waals surface area contributed by atoms with Crippen molar-refractivity contribution < 1.29 is 4.74 Å². The van der Waals surface area contributed by atoms with E-state index >= 15 is 0 Å². The topological polar surface area (TPSA) is 48.1 Å². The minimum atomic E-state index is 0.267. The highest BCUT2D eigenvalue weighted by Crippen LogP contribution is 2.21. The molecule has 3 nitrogen and oxygen atoms in total. The molecule has 0 aliphatic heterocycles. The molecule has 0 saturated heterocycles. The monoisotopic (exact) mass is 258 g/mol. The van der Waals surface area contributed by atoms with Crippen LogP contribution in [0.15, 0.2) is 23.9 Å². The first-order valence-corrected chi connectivity index (χ1v) is 7.35. The van der Waals surface area contributed by atoms with Crippen molar-refractivity contribution in [2.45, 2.75) is 57.7 Å². The molecule has 19 heavy (non-hydrogen) atoms. The Morgan fingerprint density at radius 2 is 2.16 bits per heavy atom. The van der Waals surface area contributed by atoms with E-state index in [1.54, 1.807) is 0 Å². The van der Waals surface area contributed by atoms with Crippen molar-refractivity contribution in [1.82, 2.24) is 4.98 Å². The fraction of sp³-hybridized carbons (Fsp3) is 0.562. The van der Waals surface area contributed by atoms with E-state index in [1.165, 1.54) is 30.5 Å². The molecular weight excluding hydrogens is 236 g/mol. The van der Waals surface area contributed by atoms with Gasteiger partial charge in [-0.2, -0.15) is 0 Å². The summed E-state index contributed by atoms with van der Waals surface area (Å²) in [4.78, 5) is 4.75. The molecule has 1 atom stereocenters. The van der Waals surface area contributed by atoms with Crippen LogP contribution in [0.2, 0.25) is 0 Å². The number of fused-ring (bicyclic) bond motifs is 1. The Balaban J connectivity index is 1.59. The van der Waals surface area contributed by atoms with E-state index < -0.39 is 0 Å². The minimum absolute atomic E-state index is 0.267. The van der Waals surface area contributed by atoms with Crippen LogP contribution in [-0.4, -0.2) is 11.1 Å². The third kappa shape index (κ3) is 3.16. The van der Waals surface area contributed by atoms with Gasteiger partial charge in [0.1, 0.15) is 0 Å². The predicted octanol–water partition coefficient (Wildman–Crippen LogP) is 2.87. The summed E-state index contributed by atoms with van der Waals surface area (Å²) in [5.74, 6) is 0. The SMILES string of the molecule is NC1=CCCC(OCc2ccc3c(n2)CCCC3)C1. The van der Waals surface area contributed by atoms with Gasteiger partial charge in [0.05, 0.1) is 18.4 Å². The van der Waals surface area contributed by atoms with Crippen molar-refractivity contribution >= 4 is 0 Å². The second kappa shape index (κ2) is 5.74. The number of pyridine rings is 1. The van der Waals surface area contributed by atoms with E-state index in [0.717, 1.165) is 37.1 Å². The largest absolute Gasteiger partial charge is 0.402 e. The fourth-order valence-electron chi connectivity index (χ4n) is 2.96. The summed E-state index contributed by atoms with van der Waals surface area (Å²) >= 11 is 0. The van der Waals surface area contributed by atoms with Gasteiger partial charge in [-0.15, -0.1) is 0 Å². The number of allylic oxidation sites excluding steroid dienone is 1. The number of hydrogen-bond donors (Lipinski definition) is 1. The van der Waals surface area contributed by atoms with Crippen LogP contribution >= 0.6 is 0 Å². The van der Waals surface area contributed by atoms with Gasteiger partial charge in [-0.3, -0.25) is 4.98 Å². The summed E-state index contributed by atoms with van der Waals surface area (Å²) in [7, 11) is 0. The lowest BCUT2D eigenvalue weighted by atomic mass is 9.96. The molecule has 0 radical (unpaired) electrons. The molecular formula is C16H22N2O. The van der Waals surface area contributed by atoms with Crippen molar-refractivity contribution in [1.29, 1.82) is 0 Å². The Kier molecular flexibility index (Phi) is 3.83. The summed E-state index contributed by atoms with van der Waals surface area (Å²) in [5.41, 5.74) is 10.6. The molecule has 0 amide bonds. The van der Waals surface area contributed by atoms with Gasteiger partial charge in [0.25, 0.3) is 0 Å². The Hall–Kier alpha value is -1.35. The van der Waals surface area contributed by atoms with Gasteiger partial charge < -0.3 is 10.5 Å². The molecule has 2 aliphatic carbocycles. The molecule has 1 aromatic rings. The Morgan fingerprint density at radius 1 is 1.26 bits per heavy atom. The number of nitrogens with two attached hydrogens (primary N) is 1. The van der Waals surface area contributed by atoms with E-state index in [2.05, 4.69) is 18.2 Å². The van der Waals surface area contributed by atoms with Crippen LogP contribution in [-0.2, 0) is 24.2 Å². The van der Waals surface area contributed by atoms with Crippen LogP contribution in [0.5, 0.6) is 0 Å². The Labute approximate surface area is 114 Å². The first-order valence-electron chi connectivity index (χ1n) is 7.35. The summed E-state index contributed by atoms with van der Waals surface area (Å²) in [5, 5.41) is 0. The predicted molar refractivity (Wildman–Crippen MR) is 75.6 cm³/mol. The molecule has 2 aliphatic rings. The van der Waals surface area contributed by atoms with Crippen molar-refractivity contribution in [3.05, 3.63) is 40.9 Å². The molecule has 3 rings (SSSR count). The zero-order valence-electron chi connectivity index (χ0n) is 11.4. The molecule has 0 saturated carbocycles. The lowest BCUT2D eigenvalue weighted by Crippen LogP contribution is -2.20. The lowest BCUT2D eigenvalue weighted by Gasteiger charge is -2.21. The number of aryl methyl sites for hydroxylation is 2. The van der Waals surface area contributed by atoms with Gasteiger partial charge >= 0.3 is 0 Å². The van der Waals surface area contributed by atoms with Crippen LogP contribution in [0.4, 0.5) is 0 Å². The molecule has 3 heteroatoms. The van der Waals surface area contributed by atoms with Crippen molar-refractivity contribution in [3.8, 4) is 0 Å². The molecule has 0 fully saturated rings. The molecule has 1 aromatic heterocycles. The molecule has 0 spiro atoms. The van der Waals surface area contributed by atoms with Crippen molar-refractivity contribution in [3.63, 3.8) is 0 Å². The van der Waals surface area contributed by atoms with Gasteiger partial charge in [0.2, 0.25) is 0 Å². The smallest absolute Gasteiger partial charge is 0.0891 e. The summed E-state index contributed by atoms with van der Waals surface area (Å²) in [6, 6.07) is 4.35. The van der Waals surface area contributed by atoms with E-state index in [4.69, 9.17) is 15.5 Å². The minimum Gasteiger partial charge on any atom is -0.402 e. The maximum absolute atomic E-state index is 5.95. The highest BCUT2D eigenvalue weighted by atomic mass is 16.5. The highest BCUT2D eigenvalue weighted by molar-refractivity contribution is 5.25. The van der Waals surface area contributed by atoms with Crippen LogP contribution in [0.25, 0.3) is 0 Å². The van der Waals surface area contributed by atoms with Gasteiger partial charge in [-0.1, -0.05) is 12.1 Å². The molecule has 2 N–H and O–H groups in total. The van der Waals surface area contributed by atoms with Gasteiger partial charge in [0.15, 0.2) is 0 Å². The first kappa shape index (κ1) is 12.7. The van der Waals surface area contributed by atoms with Crippen molar-refractivity contribution in [2.75, 3.05) is 0 Å². The molecule has 102 valence electrons. The first-order chi connectivity index (χ1) is 9.31. The van der Waals surface area contributed by atoms with Gasteiger partial charge in [0, 0.05) is 17.8 Å². The summed E-state index contributed by atoms with van der Waals surface area (Å²) < 4.78 is 5.95. The van der Waals surface area contributed by atoms with Crippen LogP contribution in [0.3, 0.4) is 0 Å². The van der Waals surface area contributed by atoms with Crippen molar-refractivity contribution in [2.24, 2.45) is 5.73 Å². The van der Waals surface area contributed by atoms with E-state index in [9.17, 15) is 0 Å². The van der Waals surface area contributed by atoms with E-state index in [0.29, 0.717) is 6.61 Å². The third-order valence-electron chi connectivity index (χ3n) is 4.06. The number of hydrogen-bond acceptors (Lipinski definition) is 3. The quantitative estimate of drug-likeness (QED) is 0.907. The van der Waals surface area contributed by atoms with Crippen LogP contribution in [0, 0.1) is 0 Å². The summed E-state index contributed by atoms with van der Waals surface area (Å²) in [6.45, 7) is 0.616. The maximum Gasteiger partial charge on any atom is 0.0891 e. The maximum atomic E-state index is 5.95. The second-order valence-electron chi connectivity index (χ2n) is 5.61. The third-order valence-corrected chi connectivity index (χ3v) is 4.06. The summed E-state index contributed by atoms with van der Waals surface area (Å²) in [6.07, 6.45) is 10.2. The van der Waals surface area contributed by atoms with Crippen LogP contribution < -0.4 is 5.73 Å². The average Bonchev–Trinajstić information content (AvgIpc) is 2.45. The number of ether oxygens (including phenoxy) is 1. The van der Waals surface area contributed by atoms with E-state index in [1.807, 2.05) is 0 Å². The van der Waals surface area contributed by atoms with E-state index in [-0.39, 0.29) is 6.10 Å². The number of nitrogens with zero attached hydrogens (tertiary/aromatic N) is 1. The number of rotatable bonds is 3. The van der Waals surface area contributed by atoms with Gasteiger partial charge in [-0.25, -0.2) is 0 Å². The van der Waals surface area contributed by atoms with Gasteiger partial charge in [-0.05, 0) is 50.2 Å². The molecule has 1 heterocycles. The Bertz CT molecular complexity index is 482. The normalized spacial score (nSPS) is 22.7. The zero-order valence-corrected chi connectivity index (χ0v) is 11.4. The molecule has 0 aromatic carbocycles. The zero-order chi connectivity index (χ0) is 13.1. The highest BCUT2D eigenvalue weighted by Gasteiger charge is 2.15. The molecule has 1 unspecified atom stereocenters.